The molecule has 0 saturated carbocycles. The van der Waals surface area contributed by atoms with Gasteiger partial charge in [0, 0.05) is 38.8 Å². The summed E-state index contributed by atoms with van der Waals surface area (Å²) in [5, 5.41) is 13.7. The largest absolute Gasteiger partial charge is 0.502 e. The summed E-state index contributed by atoms with van der Waals surface area (Å²) in [6.45, 7) is 0.217. The Morgan fingerprint density at radius 2 is 2.03 bits per heavy atom. The highest BCUT2D eigenvalue weighted by molar-refractivity contribution is 6.30. The molecule has 170 valence electrons. The SMILES string of the molecule is CN1C(=O)c2c(O)c(=O)c(C(=O)NCc3ccc(F)c(Cl)c3F)cn2N(C)C12CCOC2. The number of rotatable bonds is 3. The lowest BCUT2D eigenvalue weighted by Crippen LogP contribution is -2.68. The van der Waals surface area contributed by atoms with Gasteiger partial charge in [-0.05, 0) is 6.07 Å². The molecule has 1 aromatic carbocycles. The first-order chi connectivity index (χ1) is 15.1. The van der Waals surface area contributed by atoms with E-state index < -0.39 is 50.9 Å². The number of aromatic nitrogens is 1. The van der Waals surface area contributed by atoms with Crippen LogP contribution in [0.3, 0.4) is 0 Å². The Hall–Kier alpha value is -3.18. The summed E-state index contributed by atoms with van der Waals surface area (Å²) in [7, 11) is 3.19. The second kappa shape index (κ2) is 7.75. The minimum absolute atomic E-state index is 0.0944. The van der Waals surface area contributed by atoms with E-state index in [9.17, 15) is 28.3 Å². The molecular formula is C20H19ClF2N4O5. The molecule has 0 aliphatic carbocycles. The molecule has 1 aromatic heterocycles. The summed E-state index contributed by atoms with van der Waals surface area (Å²) in [5.74, 6) is -4.38. The van der Waals surface area contributed by atoms with Crippen LogP contribution in [0.15, 0.2) is 23.1 Å². The first-order valence-corrected chi connectivity index (χ1v) is 9.97. The van der Waals surface area contributed by atoms with Crippen LogP contribution in [0.1, 0.15) is 32.8 Å². The minimum atomic E-state index is -1.06. The summed E-state index contributed by atoms with van der Waals surface area (Å²) in [4.78, 5) is 39.7. The van der Waals surface area contributed by atoms with E-state index >= 15 is 0 Å². The summed E-state index contributed by atoms with van der Waals surface area (Å²) in [6.07, 6.45) is 1.62. The average molecular weight is 469 g/mol. The number of carbonyl (C=O) groups is 2. The summed E-state index contributed by atoms with van der Waals surface area (Å²) in [6, 6.07) is 2.06. The lowest BCUT2D eigenvalue weighted by molar-refractivity contribution is 0.0330. The van der Waals surface area contributed by atoms with Crippen LogP contribution in [0.5, 0.6) is 5.75 Å². The maximum atomic E-state index is 14.1. The maximum Gasteiger partial charge on any atom is 0.278 e. The first kappa shape index (κ1) is 22.0. The highest BCUT2D eigenvalue weighted by Crippen LogP contribution is 2.34. The quantitative estimate of drug-likeness (QED) is 0.656. The fourth-order valence-electron chi connectivity index (χ4n) is 3.99. The van der Waals surface area contributed by atoms with E-state index in [0.29, 0.717) is 13.0 Å². The van der Waals surface area contributed by atoms with Crippen LogP contribution >= 0.6 is 11.6 Å². The van der Waals surface area contributed by atoms with Gasteiger partial charge in [-0.3, -0.25) is 24.1 Å². The Labute approximate surface area is 185 Å². The van der Waals surface area contributed by atoms with Gasteiger partial charge in [-0.15, -0.1) is 0 Å². The molecule has 1 spiro atoms. The minimum Gasteiger partial charge on any atom is -0.502 e. The average Bonchev–Trinajstić information content (AvgIpc) is 3.27. The fraction of sp³-hybridized carbons (Fsp3) is 0.350. The number of aromatic hydroxyl groups is 1. The van der Waals surface area contributed by atoms with Crippen LogP contribution in [0, 0.1) is 11.6 Å². The van der Waals surface area contributed by atoms with E-state index in [1.165, 1.54) is 9.58 Å². The van der Waals surface area contributed by atoms with Gasteiger partial charge in [0.05, 0.1) is 13.2 Å². The number of benzene rings is 1. The third-order valence-electron chi connectivity index (χ3n) is 6.00. The fourth-order valence-corrected chi connectivity index (χ4v) is 4.17. The van der Waals surface area contributed by atoms with E-state index in [-0.39, 0.29) is 24.4 Å². The van der Waals surface area contributed by atoms with Gasteiger partial charge in [0.15, 0.2) is 17.1 Å². The normalized spacial score (nSPS) is 20.1. The van der Waals surface area contributed by atoms with Crippen molar-refractivity contribution >= 4 is 23.4 Å². The third kappa shape index (κ3) is 3.11. The monoisotopic (exact) mass is 468 g/mol. The number of halogens is 3. The van der Waals surface area contributed by atoms with Gasteiger partial charge in [0.1, 0.15) is 22.2 Å². The number of hydrogen-bond acceptors (Lipinski definition) is 6. The number of pyridine rings is 1. The lowest BCUT2D eigenvalue weighted by Gasteiger charge is -2.50. The van der Waals surface area contributed by atoms with Crippen molar-refractivity contribution in [3.63, 3.8) is 0 Å². The van der Waals surface area contributed by atoms with E-state index in [1.807, 2.05) is 0 Å². The Morgan fingerprint density at radius 1 is 1.31 bits per heavy atom. The van der Waals surface area contributed by atoms with Crippen molar-refractivity contribution < 1.29 is 28.2 Å². The molecule has 1 fully saturated rings. The number of ether oxygens (including phenoxy) is 1. The second-order valence-electron chi connectivity index (χ2n) is 7.60. The van der Waals surface area contributed by atoms with Crippen molar-refractivity contribution in [3.8, 4) is 5.75 Å². The smallest absolute Gasteiger partial charge is 0.278 e. The second-order valence-corrected chi connectivity index (χ2v) is 7.98. The number of hydrogen-bond donors (Lipinski definition) is 2. The summed E-state index contributed by atoms with van der Waals surface area (Å²) in [5.41, 5.74) is -2.75. The number of amides is 2. The maximum absolute atomic E-state index is 14.1. The Balaban J connectivity index is 1.70. The first-order valence-electron chi connectivity index (χ1n) is 9.59. The van der Waals surface area contributed by atoms with Crippen LogP contribution in [-0.2, 0) is 11.3 Å². The summed E-state index contributed by atoms with van der Waals surface area (Å²) >= 11 is 5.54. The molecule has 4 rings (SSSR count). The molecule has 0 radical (unpaired) electrons. The van der Waals surface area contributed by atoms with Gasteiger partial charge in [-0.25, -0.2) is 8.78 Å². The van der Waals surface area contributed by atoms with Gasteiger partial charge >= 0.3 is 0 Å². The van der Waals surface area contributed by atoms with Crippen LogP contribution in [0.4, 0.5) is 8.78 Å². The Kier molecular flexibility index (Phi) is 5.33. The van der Waals surface area contributed by atoms with Crippen LogP contribution < -0.4 is 15.8 Å². The van der Waals surface area contributed by atoms with Crippen molar-refractivity contribution in [2.24, 2.45) is 0 Å². The molecule has 2 aliphatic rings. The number of carbonyl (C=O) groups excluding carboxylic acids is 2. The number of nitrogens with zero attached hydrogens (tertiary/aromatic N) is 3. The molecule has 9 nitrogen and oxygen atoms in total. The number of likely N-dealkylation sites (N-methyl/N-ethyl adjacent to an activating group) is 2. The molecule has 12 heteroatoms. The highest BCUT2D eigenvalue weighted by atomic mass is 35.5. The molecule has 32 heavy (non-hydrogen) atoms. The van der Waals surface area contributed by atoms with Gasteiger partial charge in [-0.2, -0.15) is 0 Å². The van der Waals surface area contributed by atoms with E-state index in [1.54, 1.807) is 19.1 Å². The molecule has 1 atom stereocenters. The Bertz CT molecular complexity index is 1200. The number of nitrogens with one attached hydrogen (secondary N) is 1. The van der Waals surface area contributed by atoms with E-state index in [2.05, 4.69) is 5.32 Å². The topological polar surface area (TPSA) is 104 Å². The molecule has 1 saturated heterocycles. The van der Waals surface area contributed by atoms with Crippen molar-refractivity contribution in [1.29, 1.82) is 0 Å². The van der Waals surface area contributed by atoms with Gasteiger partial charge in [0.2, 0.25) is 5.43 Å². The highest BCUT2D eigenvalue weighted by Gasteiger charge is 2.50. The van der Waals surface area contributed by atoms with Crippen LogP contribution in [-0.4, -0.2) is 59.5 Å². The molecule has 2 amide bonds. The van der Waals surface area contributed by atoms with Gasteiger partial charge in [-0.1, -0.05) is 17.7 Å². The third-order valence-corrected chi connectivity index (χ3v) is 6.35. The van der Waals surface area contributed by atoms with E-state index in [0.717, 1.165) is 18.3 Å². The lowest BCUT2D eigenvalue weighted by atomic mass is 10.0. The predicted octanol–water partition coefficient (Wildman–Crippen LogP) is 1.19. The number of fused-ring (bicyclic) bond motifs is 1. The van der Waals surface area contributed by atoms with Crippen LogP contribution in [0.25, 0.3) is 0 Å². The van der Waals surface area contributed by atoms with Crippen molar-refractivity contribution in [3.05, 3.63) is 62.0 Å². The molecule has 3 heterocycles. The van der Waals surface area contributed by atoms with Crippen LogP contribution in [0.2, 0.25) is 5.02 Å². The summed E-state index contributed by atoms with van der Waals surface area (Å²) < 4.78 is 34.1. The Morgan fingerprint density at radius 3 is 2.69 bits per heavy atom. The molecule has 0 bridgehead atoms. The zero-order valence-corrected chi connectivity index (χ0v) is 17.9. The standard InChI is InChI=1S/C20H19ClF2N4O5/c1-25-19(31)15-17(29)16(28)11(8-27(15)26(2)20(25)5-6-32-9-20)18(30)24-7-10-3-4-12(22)13(21)14(10)23/h3-4,8,29H,5-7,9H2,1-2H3,(H,24,30). The van der Waals surface area contributed by atoms with E-state index in [4.69, 9.17) is 16.3 Å². The molecular weight excluding hydrogens is 450 g/mol. The van der Waals surface area contributed by atoms with Crippen molar-refractivity contribution in [2.75, 3.05) is 32.3 Å². The van der Waals surface area contributed by atoms with Gasteiger partial charge in [0.25, 0.3) is 11.8 Å². The predicted molar refractivity (Wildman–Crippen MR) is 109 cm³/mol. The molecule has 2 aliphatic heterocycles. The van der Waals surface area contributed by atoms with Crippen molar-refractivity contribution in [2.45, 2.75) is 18.6 Å². The zero-order chi connectivity index (χ0) is 23.4. The molecule has 2 N–H and O–H groups in total. The zero-order valence-electron chi connectivity index (χ0n) is 17.1. The molecule has 2 aromatic rings. The van der Waals surface area contributed by atoms with Gasteiger partial charge < -0.3 is 20.1 Å². The van der Waals surface area contributed by atoms with Crippen molar-refractivity contribution in [1.82, 2.24) is 14.9 Å². The molecule has 1 unspecified atom stereocenters.